The van der Waals surface area contributed by atoms with Crippen molar-refractivity contribution in [1.29, 1.82) is 5.26 Å². The monoisotopic (exact) mass is 534 g/mol. The van der Waals surface area contributed by atoms with Crippen molar-refractivity contribution in [1.82, 2.24) is 9.97 Å². The Morgan fingerprint density at radius 3 is 2.39 bits per heavy atom. The summed E-state index contributed by atoms with van der Waals surface area (Å²) in [5, 5.41) is 11.1. The van der Waals surface area contributed by atoms with Crippen LogP contribution >= 0.6 is 35.1 Å². The predicted octanol–water partition coefficient (Wildman–Crippen LogP) is 7.92. The molecule has 0 aliphatic carbocycles. The van der Waals surface area contributed by atoms with Gasteiger partial charge in [0, 0.05) is 28.5 Å². The molecule has 36 heavy (non-hydrogen) atoms. The zero-order chi connectivity index (χ0) is 25.7. The van der Waals surface area contributed by atoms with Crippen LogP contribution in [0.15, 0.2) is 72.9 Å². The molecule has 5 nitrogen and oxygen atoms in total. The summed E-state index contributed by atoms with van der Waals surface area (Å²) >= 11 is 14.2. The van der Waals surface area contributed by atoms with Crippen LogP contribution in [0.5, 0.6) is 5.75 Å². The van der Waals surface area contributed by atoms with E-state index in [2.05, 4.69) is 34.6 Å². The third kappa shape index (κ3) is 5.76. The molecule has 0 saturated carbocycles. The van der Waals surface area contributed by atoms with Gasteiger partial charge in [-0.1, -0.05) is 73.3 Å². The lowest BCUT2D eigenvalue weighted by molar-refractivity contribution is 0.301. The second-order valence-corrected chi connectivity index (χ2v) is 10.1. The maximum atomic E-state index is 9.89. The number of aromatic nitrogens is 2. The summed E-state index contributed by atoms with van der Waals surface area (Å²) < 4.78 is 8.95. The third-order valence-electron chi connectivity index (χ3n) is 5.93. The fourth-order valence-electron chi connectivity index (χ4n) is 3.87. The van der Waals surface area contributed by atoms with E-state index in [0.717, 1.165) is 28.1 Å². The molecule has 0 fully saturated rings. The molecular weight excluding hydrogens is 511 g/mol. The highest BCUT2D eigenvalue weighted by Gasteiger charge is 2.26. The largest absolute Gasteiger partial charge is 0.487 e. The molecule has 0 atom stereocenters. The fourth-order valence-corrected chi connectivity index (χ4v) is 4.61. The Hall–Kier alpha value is -3.24. The van der Waals surface area contributed by atoms with Crippen LogP contribution in [-0.4, -0.2) is 16.2 Å². The minimum absolute atomic E-state index is 0.335. The van der Waals surface area contributed by atoms with E-state index in [1.165, 1.54) is 11.9 Å². The highest BCUT2D eigenvalue weighted by molar-refractivity contribution is 7.99. The molecule has 0 aliphatic rings. The van der Waals surface area contributed by atoms with Crippen molar-refractivity contribution in [2.45, 2.75) is 25.9 Å². The average molecular weight is 536 g/mol. The van der Waals surface area contributed by atoms with Crippen LogP contribution < -0.4 is 9.46 Å². The number of rotatable bonds is 8. The number of ether oxygens (including phenoxy) is 1. The maximum Gasteiger partial charge on any atom is 0.233 e. The smallest absolute Gasteiger partial charge is 0.233 e. The lowest BCUT2D eigenvalue weighted by atomic mass is 9.77. The Morgan fingerprint density at radius 1 is 1.00 bits per heavy atom. The zero-order valence-electron chi connectivity index (χ0n) is 20.0. The van der Waals surface area contributed by atoms with Crippen LogP contribution in [-0.2, 0) is 12.0 Å². The Labute approximate surface area is 225 Å². The van der Waals surface area contributed by atoms with E-state index in [4.69, 9.17) is 27.9 Å². The van der Waals surface area contributed by atoms with Gasteiger partial charge in [0.1, 0.15) is 12.4 Å². The van der Waals surface area contributed by atoms with E-state index in [1.807, 2.05) is 60.9 Å². The molecule has 3 aromatic carbocycles. The highest BCUT2D eigenvalue weighted by Crippen LogP contribution is 2.39. The summed E-state index contributed by atoms with van der Waals surface area (Å²) in [6, 6.07) is 23.3. The first-order chi connectivity index (χ1) is 17.3. The maximum absolute atomic E-state index is 9.89. The summed E-state index contributed by atoms with van der Waals surface area (Å²) in [6.45, 7) is 4.55. The van der Waals surface area contributed by atoms with Gasteiger partial charge in [-0.15, -0.1) is 0 Å². The topological polar surface area (TPSA) is 70.8 Å². The van der Waals surface area contributed by atoms with E-state index < -0.39 is 5.41 Å². The van der Waals surface area contributed by atoms with Gasteiger partial charge >= 0.3 is 0 Å². The summed E-state index contributed by atoms with van der Waals surface area (Å²) in [5.74, 6) is 1.29. The lowest BCUT2D eigenvalue weighted by Gasteiger charge is -2.27. The van der Waals surface area contributed by atoms with Gasteiger partial charge in [0.2, 0.25) is 5.95 Å². The number of halogens is 2. The van der Waals surface area contributed by atoms with E-state index in [1.54, 1.807) is 18.3 Å². The number of nitriles is 1. The van der Waals surface area contributed by atoms with Gasteiger partial charge in [-0.25, -0.2) is 9.97 Å². The van der Waals surface area contributed by atoms with Crippen molar-refractivity contribution in [3.63, 3.8) is 0 Å². The molecule has 0 spiro atoms. The van der Waals surface area contributed by atoms with Crippen LogP contribution in [0.25, 0.3) is 11.1 Å². The molecule has 1 aromatic heterocycles. The first-order valence-corrected chi connectivity index (χ1v) is 13.1. The van der Waals surface area contributed by atoms with Gasteiger partial charge in [-0.05, 0) is 59.2 Å². The van der Waals surface area contributed by atoms with E-state index >= 15 is 0 Å². The van der Waals surface area contributed by atoms with Gasteiger partial charge in [-0.3, -0.25) is 4.72 Å². The number of hydrogen-bond donors (Lipinski definition) is 1. The quantitative estimate of drug-likeness (QED) is 0.231. The van der Waals surface area contributed by atoms with Crippen molar-refractivity contribution in [2.75, 3.05) is 11.0 Å². The molecule has 0 bridgehead atoms. The second kappa shape index (κ2) is 11.2. The molecule has 1 heterocycles. The molecular formula is C28H24Cl2N4OS. The van der Waals surface area contributed by atoms with Gasteiger partial charge in [0.25, 0.3) is 0 Å². The molecule has 0 saturated heterocycles. The van der Waals surface area contributed by atoms with Crippen molar-refractivity contribution in [2.24, 2.45) is 0 Å². The average Bonchev–Trinajstić information content (AvgIpc) is 2.88. The van der Waals surface area contributed by atoms with Crippen molar-refractivity contribution < 1.29 is 4.74 Å². The Kier molecular flexibility index (Phi) is 8.05. The fraction of sp³-hybridized carbons (Fsp3) is 0.179. The van der Waals surface area contributed by atoms with Crippen LogP contribution in [0.4, 0.5) is 5.95 Å². The predicted molar refractivity (Wildman–Crippen MR) is 149 cm³/mol. The summed E-state index contributed by atoms with van der Waals surface area (Å²) in [5.41, 5.74) is 4.50. The number of nitrogens with one attached hydrogen (secondary N) is 1. The molecule has 1 N–H and O–H groups in total. The minimum Gasteiger partial charge on any atom is -0.487 e. The van der Waals surface area contributed by atoms with Crippen LogP contribution in [0, 0.1) is 11.3 Å². The van der Waals surface area contributed by atoms with Gasteiger partial charge in [-0.2, -0.15) is 5.26 Å². The van der Waals surface area contributed by atoms with Crippen molar-refractivity contribution in [3.05, 3.63) is 105 Å². The van der Waals surface area contributed by atoms with Crippen LogP contribution in [0.2, 0.25) is 10.0 Å². The van der Waals surface area contributed by atoms with Crippen molar-refractivity contribution in [3.8, 4) is 22.9 Å². The van der Waals surface area contributed by atoms with E-state index in [-0.39, 0.29) is 0 Å². The summed E-state index contributed by atoms with van der Waals surface area (Å²) in [4.78, 5) is 8.58. The van der Waals surface area contributed by atoms with Crippen LogP contribution in [0.3, 0.4) is 0 Å². The van der Waals surface area contributed by atoms with Gasteiger partial charge < -0.3 is 4.74 Å². The Bertz CT molecular complexity index is 1400. The first kappa shape index (κ1) is 25.8. The Morgan fingerprint density at radius 2 is 1.72 bits per heavy atom. The standard InChI is InChI=1S/C28H24Cl2N4OS/c1-28(2,21-14-19(16-31)26(25(30)15-21)18-4-8-22(29)9-5-18)20-6-10-24(11-7-20)35-17-23-12-13-32-27(33-23)34-36-3/h4-15H,17H2,1-3H3,(H,32,33,34). The SMILES string of the molecule is CSNc1nccc(COc2ccc(C(C)(C)c3cc(Cl)c(-c4ccc(Cl)cc4)c(C#N)c3)cc2)n1. The first-order valence-electron chi connectivity index (χ1n) is 11.2. The number of hydrogen-bond acceptors (Lipinski definition) is 6. The van der Waals surface area contributed by atoms with Gasteiger partial charge in [0.05, 0.1) is 22.3 Å². The van der Waals surface area contributed by atoms with Gasteiger partial charge in [0.15, 0.2) is 0 Å². The normalized spacial score (nSPS) is 11.1. The Balaban J connectivity index is 1.55. The minimum atomic E-state index is -0.392. The summed E-state index contributed by atoms with van der Waals surface area (Å²) in [7, 11) is 0. The molecule has 4 rings (SSSR count). The molecule has 0 radical (unpaired) electrons. The highest BCUT2D eigenvalue weighted by atomic mass is 35.5. The number of nitrogens with zero attached hydrogens (tertiary/aromatic N) is 3. The molecule has 0 aliphatic heterocycles. The molecule has 8 heteroatoms. The number of anilines is 1. The van der Waals surface area contributed by atoms with E-state index in [0.29, 0.717) is 33.7 Å². The summed E-state index contributed by atoms with van der Waals surface area (Å²) in [6.07, 6.45) is 3.62. The molecule has 0 amide bonds. The molecule has 0 unspecified atom stereocenters. The molecule has 4 aromatic rings. The third-order valence-corrected chi connectivity index (χ3v) is 6.87. The van der Waals surface area contributed by atoms with Crippen LogP contribution in [0.1, 0.15) is 36.2 Å². The zero-order valence-corrected chi connectivity index (χ0v) is 22.4. The number of benzene rings is 3. The lowest BCUT2D eigenvalue weighted by Crippen LogP contribution is -2.19. The van der Waals surface area contributed by atoms with Crippen molar-refractivity contribution >= 4 is 41.1 Å². The second-order valence-electron chi connectivity index (χ2n) is 8.62. The van der Waals surface area contributed by atoms with E-state index in [9.17, 15) is 5.26 Å². The molecule has 182 valence electrons.